The van der Waals surface area contributed by atoms with Crippen LogP contribution >= 0.6 is 0 Å². The van der Waals surface area contributed by atoms with Crippen molar-refractivity contribution in [3.05, 3.63) is 24.0 Å². The molecule has 0 saturated carbocycles. The van der Waals surface area contributed by atoms with Gasteiger partial charge in [0.25, 0.3) is 0 Å². The highest BCUT2D eigenvalue weighted by atomic mass is 16.7. The number of hydrogen-bond acceptors (Lipinski definition) is 3. The highest BCUT2D eigenvalue weighted by Crippen LogP contribution is 2.11. The second-order valence-electron chi connectivity index (χ2n) is 3.51. The highest BCUT2D eigenvalue weighted by Gasteiger charge is 2.14. The van der Waals surface area contributed by atoms with Crippen molar-refractivity contribution in [2.24, 2.45) is 0 Å². The van der Waals surface area contributed by atoms with Gasteiger partial charge in [-0.1, -0.05) is 0 Å². The van der Waals surface area contributed by atoms with Crippen LogP contribution < -0.4 is 0 Å². The fourth-order valence-electron chi connectivity index (χ4n) is 1.66. The fourth-order valence-corrected chi connectivity index (χ4v) is 1.66. The van der Waals surface area contributed by atoms with Gasteiger partial charge >= 0.3 is 0 Å². The van der Waals surface area contributed by atoms with Gasteiger partial charge < -0.3 is 14.0 Å². The Hall–Kier alpha value is -1.31. The zero-order valence-electron chi connectivity index (χ0n) is 8.56. The van der Waals surface area contributed by atoms with Crippen LogP contribution in [0, 0.1) is 11.3 Å². The molecule has 4 nitrogen and oxygen atoms in total. The van der Waals surface area contributed by atoms with Gasteiger partial charge in [0, 0.05) is 19.2 Å². The minimum absolute atomic E-state index is 0.104. The van der Waals surface area contributed by atoms with E-state index in [1.165, 1.54) is 0 Å². The fraction of sp³-hybridized carbons (Fsp3) is 0.545. The van der Waals surface area contributed by atoms with E-state index >= 15 is 0 Å². The number of nitriles is 1. The van der Waals surface area contributed by atoms with E-state index in [0.717, 1.165) is 32.6 Å². The van der Waals surface area contributed by atoms with E-state index in [0.29, 0.717) is 5.69 Å². The molecular weight excluding hydrogens is 192 g/mol. The molecule has 1 aromatic heterocycles. The SMILES string of the molecule is N#Cc1cccn1CCC1OCCCO1. The molecule has 0 atom stereocenters. The van der Waals surface area contributed by atoms with Crippen LogP contribution in [0.15, 0.2) is 18.3 Å². The Bertz CT molecular complexity index is 348. The summed E-state index contributed by atoms with van der Waals surface area (Å²) in [6, 6.07) is 5.83. The normalized spacial score (nSPS) is 17.5. The summed E-state index contributed by atoms with van der Waals surface area (Å²) < 4.78 is 12.8. The van der Waals surface area contributed by atoms with Crippen molar-refractivity contribution < 1.29 is 9.47 Å². The van der Waals surface area contributed by atoms with E-state index in [1.807, 2.05) is 22.9 Å². The second-order valence-corrected chi connectivity index (χ2v) is 3.51. The Morgan fingerprint density at radius 2 is 2.27 bits per heavy atom. The Labute approximate surface area is 89.0 Å². The monoisotopic (exact) mass is 206 g/mol. The number of rotatable bonds is 3. The first-order valence-electron chi connectivity index (χ1n) is 5.18. The van der Waals surface area contributed by atoms with Crippen LogP contribution in [-0.2, 0) is 16.0 Å². The van der Waals surface area contributed by atoms with Gasteiger partial charge in [-0.15, -0.1) is 0 Å². The molecule has 1 aliphatic rings. The van der Waals surface area contributed by atoms with Gasteiger partial charge in [-0.05, 0) is 18.6 Å². The molecule has 2 rings (SSSR count). The zero-order valence-corrected chi connectivity index (χ0v) is 8.56. The van der Waals surface area contributed by atoms with Crippen LogP contribution in [0.5, 0.6) is 0 Å². The molecular formula is C11H14N2O2. The lowest BCUT2D eigenvalue weighted by Gasteiger charge is -2.23. The maximum absolute atomic E-state index is 8.81. The van der Waals surface area contributed by atoms with E-state index < -0.39 is 0 Å². The zero-order chi connectivity index (χ0) is 10.5. The van der Waals surface area contributed by atoms with Gasteiger partial charge in [-0.2, -0.15) is 5.26 Å². The first-order valence-corrected chi connectivity index (χ1v) is 5.18. The molecule has 0 radical (unpaired) electrons. The molecule has 1 aromatic rings. The second kappa shape index (κ2) is 4.96. The first kappa shape index (κ1) is 10.2. The maximum Gasteiger partial charge on any atom is 0.159 e. The van der Waals surface area contributed by atoms with Gasteiger partial charge in [0.2, 0.25) is 0 Å². The summed E-state index contributed by atoms with van der Waals surface area (Å²) in [4.78, 5) is 0. The van der Waals surface area contributed by atoms with Gasteiger partial charge in [0.05, 0.1) is 13.2 Å². The Morgan fingerprint density at radius 3 is 3.00 bits per heavy atom. The molecule has 1 fully saturated rings. The molecule has 4 heteroatoms. The number of ether oxygens (including phenoxy) is 2. The summed E-state index contributed by atoms with van der Waals surface area (Å²) in [7, 11) is 0. The summed E-state index contributed by atoms with van der Waals surface area (Å²) in [6.45, 7) is 2.32. The molecule has 0 bridgehead atoms. The quantitative estimate of drug-likeness (QED) is 0.753. The molecule has 1 aliphatic heterocycles. The Balaban J connectivity index is 1.85. The summed E-state index contributed by atoms with van der Waals surface area (Å²) in [5.74, 6) is 0. The molecule has 0 amide bonds. The minimum atomic E-state index is -0.104. The van der Waals surface area contributed by atoms with Crippen molar-refractivity contribution in [1.82, 2.24) is 4.57 Å². The first-order chi connectivity index (χ1) is 7.40. The third kappa shape index (κ3) is 2.58. The van der Waals surface area contributed by atoms with E-state index in [4.69, 9.17) is 14.7 Å². The summed E-state index contributed by atoms with van der Waals surface area (Å²) in [6.07, 6.45) is 3.57. The smallest absolute Gasteiger partial charge is 0.159 e. The molecule has 0 N–H and O–H groups in total. The van der Waals surface area contributed by atoms with Crippen molar-refractivity contribution in [3.8, 4) is 6.07 Å². The predicted octanol–water partition coefficient (Wildman–Crippen LogP) is 1.51. The third-order valence-corrected chi connectivity index (χ3v) is 2.45. The van der Waals surface area contributed by atoms with E-state index in [9.17, 15) is 0 Å². The van der Waals surface area contributed by atoms with E-state index in [2.05, 4.69) is 6.07 Å². The van der Waals surface area contributed by atoms with E-state index in [1.54, 1.807) is 0 Å². The van der Waals surface area contributed by atoms with Gasteiger partial charge in [0.1, 0.15) is 11.8 Å². The number of aromatic nitrogens is 1. The van der Waals surface area contributed by atoms with Crippen molar-refractivity contribution in [3.63, 3.8) is 0 Å². The molecule has 1 saturated heterocycles. The average Bonchev–Trinajstić information content (AvgIpc) is 2.75. The van der Waals surface area contributed by atoms with Crippen LogP contribution in [0.3, 0.4) is 0 Å². The van der Waals surface area contributed by atoms with Gasteiger partial charge in [-0.25, -0.2) is 0 Å². The summed E-state index contributed by atoms with van der Waals surface area (Å²) in [5.41, 5.74) is 0.686. The van der Waals surface area contributed by atoms with Crippen molar-refractivity contribution in [2.75, 3.05) is 13.2 Å². The van der Waals surface area contributed by atoms with Crippen molar-refractivity contribution in [2.45, 2.75) is 25.7 Å². The highest BCUT2D eigenvalue weighted by molar-refractivity contribution is 5.21. The number of aryl methyl sites for hydroxylation is 1. The summed E-state index contributed by atoms with van der Waals surface area (Å²) in [5, 5.41) is 8.81. The number of nitrogens with zero attached hydrogens (tertiary/aromatic N) is 2. The summed E-state index contributed by atoms with van der Waals surface area (Å²) >= 11 is 0. The van der Waals surface area contributed by atoms with Crippen LogP contribution in [-0.4, -0.2) is 24.1 Å². The molecule has 15 heavy (non-hydrogen) atoms. The lowest BCUT2D eigenvalue weighted by Crippen LogP contribution is -2.26. The lowest BCUT2D eigenvalue weighted by molar-refractivity contribution is -0.182. The Kier molecular flexibility index (Phi) is 3.38. The topological polar surface area (TPSA) is 47.2 Å². The molecule has 0 unspecified atom stereocenters. The molecule has 0 spiro atoms. The van der Waals surface area contributed by atoms with Crippen LogP contribution in [0.2, 0.25) is 0 Å². The molecule has 2 heterocycles. The van der Waals surface area contributed by atoms with Gasteiger partial charge in [-0.3, -0.25) is 0 Å². The third-order valence-electron chi connectivity index (χ3n) is 2.45. The van der Waals surface area contributed by atoms with Crippen LogP contribution in [0.4, 0.5) is 0 Å². The minimum Gasteiger partial charge on any atom is -0.353 e. The predicted molar refractivity (Wildman–Crippen MR) is 54.1 cm³/mol. The number of hydrogen-bond donors (Lipinski definition) is 0. The van der Waals surface area contributed by atoms with Gasteiger partial charge in [0.15, 0.2) is 6.29 Å². The standard InChI is InChI=1S/C11H14N2O2/c12-9-10-3-1-5-13(10)6-4-11-14-7-2-8-15-11/h1,3,5,11H,2,4,6-8H2. The molecule has 0 aromatic carbocycles. The maximum atomic E-state index is 8.81. The molecule has 0 aliphatic carbocycles. The van der Waals surface area contributed by atoms with E-state index in [-0.39, 0.29) is 6.29 Å². The average molecular weight is 206 g/mol. The largest absolute Gasteiger partial charge is 0.353 e. The Morgan fingerprint density at radius 1 is 1.47 bits per heavy atom. The lowest BCUT2D eigenvalue weighted by atomic mass is 10.3. The van der Waals surface area contributed by atoms with Crippen molar-refractivity contribution in [1.29, 1.82) is 5.26 Å². The van der Waals surface area contributed by atoms with Crippen molar-refractivity contribution >= 4 is 0 Å². The molecule has 80 valence electrons. The van der Waals surface area contributed by atoms with Crippen LogP contribution in [0.25, 0.3) is 0 Å². The van der Waals surface area contributed by atoms with Crippen LogP contribution in [0.1, 0.15) is 18.5 Å².